The SMILES string of the molecule is COCCN(C(C)COC)C(c1ccccc1Br)C(C)N. The van der Waals surface area contributed by atoms with Gasteiger partial charge in [0.2, 0.25) is 0 Å². The number of rotatable bonds is 9. The molecule has 0 radical (unpaired) electrons. The summed E-state index contributed by atoms with van der Waals surface area (Å²) >= 11 is 3.65. The number of nitrogens with two attached hydrogens (primary N) is 1. The molecule has 3 atom stereocenters. The van der Waals surface area contributed by atoms with Gasteiger partial charge in [-0.15, -0.1) is 0 Å². The van der Waals surface area contributed by atoms with Crippen LogP contribution in [0.15, 0.2) is 28.7 Å². The molecular formula is C16H27BrN2O2. The van der Waals surface area contributed by atoms with Crippen LogP contribution in [-0.2, 0) is 9.47 Å². The molecule has 1 aromatic carbocycles. The van der Waals surface area contributed by atoms with E-state index in [-0.39, 0.29) is 18.1 Å². The highest BCUT2D eigenvalue weighted by atomic mass is 79.9. The lowest BCUT2D eigenvalue weighted by Gasteiger charge is -2.39. The molecule has 0 heterocycles. The smallest absolute Gasteiger partial charge is 0.0615 e. The lowest BCUT2D eigenvalue weighted by molar-refractivity contribution is 0.0398. The van der Waals surface area contributed by atoms with Crippen molar-refractivity contribution in [2.75, 3.05) is 34.0 Å². The van der Waals surface area contributed by atoms with E-state index in [4.69, 9.17) is 15.2 Å². The van der Waals surface area contributed by atoms with Crippen molar-refractivity contribution < 1.29 is 9.47 Å². The minimum atomic E-state index is -0.000128. The number of nitrogens with zero attached hydrogens (tertiary/aromatic N) is 1. The summed E-state index contributed by atoms with van der Waals surface area (Å²) in [5.41, 5.74) is 7.50. The molecule has 21 heavy (non-hydrogen) atoms. The van der Waals surface area contributed by atoms with Gasteiger partial charge in [-0.2, -0.15) is 0 Å². The zero-order valence-electron chi connectivity index (χ0n) is 13.4. The minimum Gasteiger partial charge on any atom is -0.383 e. The van der Waals surface area contributed by atoms with Gasteiger partial charge in [-0.05, 0) is 25.5 Å². The Morgan fingerprint density at radius 2 is 1.86 bits per heavy atom. The van der Waals surface area contributed by atoms with E-state index in [2.05, 4.69) is 39.9 Å². The van der Waals surface area contributed by atoms with E-state index in [1.54, 1.807) is 14.2 Å². The van der Waals surface area contributed by atoms with Gasteiger partial charge in [-0.25, -0.2) is 0 Å². The first-order valence-corrected chi connectivity index (χ1v) is 8.05. The van der Waals surface area contributed by atoms with Gasteiger partial charge >= 0.3 is 0 Å². The Balaban J connectivity index is 3.10. The van der Waals surface area contributed by atoms with Gasteiger partial charge in [-0.1, -0.05) is 34.1 Å². The number of hydrogen-bond donors (Lipinski definition) is 1. The molecule has 0 aliphatic carbocycles. The van der Waals surface area contributed by atoms with E-state index < -0.39 is 0 Å². The quantitative estimate of drug-likeness (QED) is 0.737. The number of hydrogen-bond acceptors (Lipinski definition) is 4. The first-order chi connectivity index (χ1) is 10.0. The highest BCUT2D eigenvalue weighted by molar-refractivity contribution is 9.10. The summed E-state index contributed by atoms with van der Waals surface area (Å²) in [7, 11) is 3.45. The Bertz CT molecular complexity index is 415. The summed E-state index contributed by atoms with van der Waals surface area (Å²) in [6, 6.07) is 8.61. The van der Waals surface area contributed by atoms with Gasteiger partial charge in [-0.3, -0.25) is 4.90 Å². The molecule has 120 valence electrons. The molecule has 0 aromatic heterocycles. The molecule has 2 N–H and O–H groups in total. The largest absolute Gasteiger partial charge is 0.383 e. The van der Waals surface area contributed by atoms with Gasteiger partial charge in [0, 0.05) is 37.3 Å². The number of ether oxygens (including phenoxy) is 2. The Labute approximate surface area is 136 Å². The maximum atomic E-state index is 6.30. The predicted octanol–water partition coefficient (Wildman–Crippen LogP) is 2.82. The molecule has 0 aliphatic rings. The molecule has 0 spiro atoms. The normalized spacial score (nSPS) is 16.0. The third-order valence-electron chi connectivity index (χ3n) is 3.61. The second-order valence-electron chi connectivity index (χ2n) is 5.36. The van der Waals surface area contributed by atoms with Crippen molar-refractivity contribution in [3.05, 3.63) is 34.3 Å². The van der Waals surface area contributed by atoms with Crippen LogP contribution in [0.25, 0.3) is 0 Å². The standard InChI is InChI=1S/C16H27BrN2O2/c1-12(11-21-4)19(9-10-20-3)16(13(2)18)14-7-5-6-8-15(14)17/h5-8,12-13,16H,9-11,18H2,1-4H3. The van der Waals surface area contributed by atoms with Crippen LogP contribution in [0.5, 0.6) is 0 Å². The van der Waals surface area contributed by atoms with Gasteiger partial charge < -0.3 is 15.2 Å². The molecule has 0 aliphatic heterocycles. The van der Waals surface area contributed by atoms with Gasteiger partial charge in [0.05, 0.1) is 19.3 Å². The first kappa shape index (κ1) is 18.6. The van der Waals surface area contributed by atoms with Crippen molar-refractivity contribution in [3.63, 3.8) is 0 Å². The summed E-state index contributed by atoms with van der Waals surface area (Å²) in [6.45, 7) is 6.35. The third kappa shape index (κ3) is 5.34. The maximum absolute atomic E-state index is 6.30. The van der Waals surface area contributed by atoms with Crippen molar-refractivity contribution in [2.24, 2.45) is 5.73 Å². The van der Waals surface area contributed by atoms with Crippen LogP contribution in [0.4, 0.5) is 0 Å². The summed E-state index contributed by atoms with van der Waals surface area (Å²) in [6.07, 6.45) is 0. The van der Waals surface area contributed by atoms with Crippen LogP contribution in [0, 0.1) is 0 Å². The average Bonchev–Trinajstić information content (AvgIpc) is 2.44. The van der Waals surface area contributed by atoms with E-state index in [1.807, 2.05) is 19.1 Å². The van der Waals surface area contributed by atoms with Gasteiger partial charge in [0.25, 0.3) is 0 Å². The molecule has 0 saturated heterocycles. The zero-order chi connectivity index (χ0) is 15.8. The van der Waals surface area contributed by atoms with Crippen molar-refractivity contribution >= 4 is 15.9 Å². The third-order valence-corrected chi connectivity index (χ3v) is 4.33. The maximum Gasteiger partial charge on any atom is 0.0615 e. The minimum absolute atomic E-state index is 0.000128. The summed E-state index contributed by atoms with van der Waals surface area (Å²) in [5.74, 6) is 0. The van der Waals surface area contributed by atoms with E-state index in [1.165, 1.54) is 5.56 Å². The molecule has 1 aromatic rings. The van der Waals surface area contributed by atoms with Crippen LogP contribution >= 0.6 is 15.9 Å². The van der Waals surface area contributed by atoms with Crippen LogP contribution in [0.3, 0.4) is 0 Å². The Hall–Kier alpha value is -0.460. The molecule has 5 heteroatoms. The molecule has 3 unspecified atom stereocenters. The molecule has 1 rings (SSSR count). The second-order valence-corrected chi connectivity index (χ2v) is 6.21. The number of halogens is 1. The van der Waals surface area contributed by atoms with Gasteiger partial charge in [0.1, 0.15) is 0 Å². The monoisotopic (exact) mass is 358 g/mol. The van der Waals surface area contributed by atoms with Crippen LogP contribution in [0.2, 0.25) is 0 Å². The fourth-order valence-corrected chi connectivity index (χ4v) is 3.17. The van der Waals surface area contributed by atoms with Crippen molar-refractivity contribution in [1.29, 1.82) is 0 Å². The van der Waals surface area contributed by atoms with E-state index >= 15 is 0 Å². The van der Waals surface area contributed by atoms with E-state index in [0.717, 1.165) is 11.0 Å². The molecule has 4 nitrogen and oxygen atoms in total. The van der Waals surface area contributed by atoms with E-state index in [0.29, 0.717) is 13.2 Å². The molecule has 0 bridgehead atoms. The Morgan fingerprint density at radius 3 is 2.38 bits per heavy atom. The number of benzene rings is 1. The molecule has 0 amide bonds. The lowest BCUT2D eigenvalue weighted by atomic mass is 9.97. The molecule has 0 saturated carbocycles. The van der Waals surface area contributed by atoms with Crippen molar-refractivity contribution in [3.8, 4) is 0 Å². The Kier molecular flexibility index (Phi) is 8.44. The molecule has 0 fully saturated rings. The van der Waals surface area contributed by atoms with Crippen molar-refractivity contribution in [1.82, 2.24) is 4.90 Å². The summed E-state index contributed by atoms with van der Waals surface area (Å²) < 4.78 is 11.7. The van der Waals surface area contributed by atoms with Crippen LogP contribution in [-0.4, -0.2) is 51.0 Å². The topological polar surface area (TPSA) is 47.7 Å². The fraction of sp³-hybridized carbons (Fsp3) is 0.625. The lowest BCUT2D eigenvalue weighted by Crippen LogP contribution is -2.47. The average molecular weight is 359 g/mol. The highest BCUT2D eigenvalue weighted by Gasteiger charge is 2.29. The fourth-order valence-electron chi connectivity index (χ4n) is 2.65. The zero-order valence-corrected chi connectivity index (χ0v) is 15.0. The summed E-state index contributed by atoms with van der Waals surface area (Å²) in [5, 5.41) is 0. The van der Waals surface area contributed by atoms with Crippen LogP contribution in [0.1, 0.15) is 25.5 Å². The highest BCUT2D eigenvalue weighted by Crippen LogP contribution is 2.31. The number of methoxy groups -OCH3 is 2. The predicted molar refractivity (Wildman–Crippen MR) is 90.5 cm³/mol. The molecular weight excluding hydrogens is 332 g/mol. The Morgan fingerprint density at radius 1 is 1.19 bits per heavy atom. The first-order valence-electron chi connectivity index (χ1n) is 7.26. The van der Waals surface area contributed by atoms with Gasteiger partial charge in [0.15, 0.2) is 0 Å². The second kappa shape index (κ2) is 9.54. The van der Waals surface area contributed by atoms with Crippen LogP contribution < -0.4 is 5.73 Å². The summed E-state index contributed by atoms with van der Waals surface area (Å²) in [4.78, 5) is 2.36. The van der Waals surface area contributed by atoms with E-state index in [9.17, 15) is 0 Å². The van der Waals surface area contributed by atoms with Crippen molar-refractivity contribution in [2.45, 2.75) is 32.0 Å².